The van der Waals surface area contributed by atoms with Gasteiger partial charge in [-0.15, -0.1) is 0 Å². The second kappa shape index (κ2) is 4.90. The molecule has 83 valence electrons. The predicted molar refractivity (Wildman–Crippen MR) is 67.0 cm³/mol. The summed E-state index contributed by atoms with van der Waals surface area (Å²) >= 11 is 6.10. The van der Waals surface area contributed by atoms with E-state index in [0.29, 0.717) is 10.6 Å². The van der Waals surface area contributed by atoms with Crippen molar-refractivity contribution in [2.75, 3.05) is 7.11 Å². The van der Waals surface area contributed by atoms with E-state index in [0.717, 1.165) is 16.9 Å². The van der Waals surface area contributed by atoms with E-state index >= 15 is 0 Å². The SMILES string of the molecule is COc1ccccc1-c1cc(C#N)c[c]c1Cl. The quantitative estimate of drug-likeness (QED) is 0.805. The largest absolute Gasteiger partial charge is 0.496 e. The van der Waals surface area contributed by atoms with Crippen LogP contribution in [0.15, 0.2) is 36.4 Å². The number of methoxy groups -OCH3 is 1. The van der Waals surface area contributed by atoms with E-state index in [9.17, 15) is 0 Å². The molecule has 2 rings (SSSR count). The summed E-state index contributed by atoms with van der Waals surface area (Å²) in [5, 5.41) is 9.36. The first-order chi connectivity index (χ1) is 8.26. The lowest BCUT2D eigenvalue weighted by Crippen LogP contribution is -1.89. The number of ether oxygens (including phenoxy) is 1. The molecular weight excluding hydrogens is 234 g/mol. The lowest BCUT2D eigenvalue weighted by Gasteiger charge is -2.09. The number of halogens is 1. The Bertz CT molecular complexity index is 587. The van der Waals surface area contributed by atoms with Gasteiger partial charge in [0.1, 0.15) is 5.75 Å². The zero-order chi connectivity index (χ0) is 12.3. The molecule has 0 N–H and O–H groups in total. The molecule has 0 fully saturated rings. The highest BCUT2D eigenvalue weighted by Crippen LogP contribution is 2.34. The van der Waals surface area contributed by atoms with Crippen molar-refractivity contribution >= 4 is 11.6 Å². The van der Waals surface area contributed by atoms with Gasteiger partial charge in [0.15, 0.2) is 0 Å². The third-order valence-electron chi connectivity index (χ3n) is 2.42. The van der Waals surface area contributed by atoms with Crippen LogP contribution in [0.4, 0.5) is 0 Å². The Kier molecular flexibility index (Phi) is 3.32. The van der Waals surface area contributed by atoms with Crippen molar-refractivity contribution < 1.29 is 4.74 Å². The fraction of sp³-hybridized carbons (Fsp3) is 0.0714. The summed E-state index contributed by atoms with van der Waals surface area (Å²) in [6, 6.07) is 15.8. The molecule has 0 saturated carbocycles. The second-order valence-electron chi connectivity index (χ2n) is 3.43. The van der Waals surface area contributed by atoms with Gasteiger partial charge in [0.25, 0.3) is 0 Å². The maximum Gasteiger partial charge on any atom is 0.126 e. The Balaban J connectivity index is 2.64. The molecule has 0 aliphatic rings. The second-order valence-corrected chi connectivity index (χ2v) is 3.81. The van der Waals surface area contributed by atoms with Gasteiger partial charge in [-0.2, -0.15) is 5.26 Å². The molecule has 0 aliphatic heterocycles. The van der Waals surface area contributed by atoms with Crippen molar-refractivity contribution in [1.29, 1.82) is 5.26 Å². The fourth-order valence-corrected chi connectivity index (χ4v) is 1.82. The molecule has 2 aromatic rings. The van der Waals surface area contributed by atoms with Crippen LogP contribution < -0.4 is 4.74 Å². The third-order valence-corrected chi connectivity index (χ3v) is 2.73. The first-order valence-corrected chi connectivity index (χ1v) is 5.38. The van der Waals surface area contributed by atoms with E-state index in [2.05, 4.69) is 12.1 Å². The molecule has 0 aromatic heterocycles. The van der Waals surface area contributed by atoms with Crippen molar-refractivity contribution in [1.82, 2.24) is 0 Å². The number of hydrogen-bond acceptors (Lipinski definition) is 2. The van der Waals surface area contributed by atoms with Crippen molar-refractivity contribution in [3.63, 3.8) is 0 Å². The zero-order valence-corrected chi connectivity index (χ0v) is 9.95. The van der Waals surface area contributed by atoms with Crippen molar-refractivity contribution in [3.05, 3.63) is 53.1 Å². The molecule has 0 unspecified atom stereocenters. The molecule has 17 heavy (non-hydrogen) atoms. The normalized spacial score (nSPS) is 9.71. The molecule has 0 heterocycles. The van der Waals surface area contributed by atoms with E-state index in [1.165, 1.54) is 0 Å². The number of benzene rings is 2. The summed E-state index contributed by atoms with van der Waals surface area (Å²) in [5.41, 5.74) is 2.13. The van der Waals surface area contributed by atoms with Crippen LogP contribution in [0.2, 0.25) is 5.02 Å². The highest BCUT2D eigenvalue weighted by Gasteiger charge is 2.09. The monoisotopic (exact) mass is 242 g/mol. The van der Waals surface area contributed by atoms with Crippen LogP contribution in [-0.4, -0.2) is 7.11 Å². The van der Waals surface area contributed by atoms with Gasteiger partial charge < -0.3 is 4.74 Å². The predicted octanol–water partition coefficient (Wildman–Crippen LogP) is 3.69. The molecule has 2 nitrogen and oxygen atoms in total. The maximum atomic E-state index is 8.88. The third kappa shape index (κ3) is 2.25. The van der Waals surface area contributed by atoms with Gasteiger partial charge in [-0.25, -0.2) is 0 Å². The van der Waals surface area contributed by atoms with Crippen LogP contribution in [0, 0.1) is 17.4 Å². The summed E-state index contributed by atoms with van der Waals surface area (Å²) in [5.74, 6) is 0.720. The van der Waals surface area contributed by atoms with Gasteiger partial charge in [0.05, 0.1) is 23.8 Å². The van der Waals surface area contributed by atoms with Gasteiger partial charge >= 0.3 is 0 Å². The highest BCUT2D eigenvalue weighted by molar-refractivity contribution is 6.33. The lowest BCUT2D eigenvalue weighted by molar-refractivity contribution is 0.416. The molecule has 0 spiro atoms. The van der Waals surface area contributed by atoms with Gasteiger partial charge in [-0.3, -0.25) is 0 Å². The molecule has 2 aromatic carbocycles. The van der Waals surface area contributed by atoms with Crippen LogP contribution in [-0.2, 0) is 0 Å². The minimum atomic E-state index is 0.480. The molecule has 3 heteroatoms. The maximum absolute atomic E-state index is 8.88. The summed E-state index contributed by atoms with van der Waals surface area (Å²) < 4.78 is 5.27. The molecule has 0 saturated heterocycles. The first kappa shape index (κ1) is 11.5. The first-order valence-electron chi connectivity index (χ1n) is 5.01. The van der Waals surface area contributed by atoms with E-state index in [4.69, 9.17) is 21.6 Å². The Morgan fingerprint density at radius 1 is 1.29 bits per heavy atom. The average molecular weight is 243 g/mol. The molecular formula is C14H9ClNO. The van der Waals surface area contributed by atoms with Crippen LogP contribution in [0.5, 0.6) is 5.75 Å². The Morgan fingerprint density at radius 3 is 2.76 bits per heavy atom. The summed E-state index contributed by atoms with van der Waals surface area (Å²) in [6.07, 6.45) is 0. The standard InChI is InChI=1S/C14H9ClNO/c1-17-14-5-3-2-4-11(14)12-8-10(9-16)6-7-13(12)15/h2-6,8H,1H3. The Hall–Kier alpha value is -1.98. The summed E-state index contributed by atoms with van der Waals surface area (Å²) in [7, 11) is 1.60. The van der Waals surface area contributed by atoms with Gasteiger partial charge in [-0.1, -0.05) is 29.8 Å². The van der Waals surface area contributed by atoms with Crippen LogP contribution in [0.1, 0.15) is 5.56 Å². The van der Waals surface area contributed by atoms with Crippen LogP contribution in [0.3, 0.4) is 0 Å². The van der Waals surface area contributed by atoms with Crippen LogP contribution in [0.25, 0.3) is 11.1 Å². The van der Waals surface area contributed by atoms with Gasteiger partial charge in [0.2, 0.25) is 0 Å². The minimum Gasteiger partial charge on any atom is -0.496 e. The molecule has 0 aliphatic carbocycles. The minimum absolute atomic E-state index is 0.480. The van der Waals surface area contributed by atoms with Gasteiger partial charge in [-0.05, 0) is 18.2 Å². The molecule has 0 atom stereocenters. The number of para-hydroxylation sites is 1. The smallest absolute Gasteiger partial charge is 0.126 e. The number of nitriles is 1. The highest BCUT2D eigenvalue weighted by atomic mass is 35.5. The Morgan fingerprint density at radius 2 is 2.06 bits per heavy atom. The lowest BCUT2D eigenvalue weighted by atomic mass is 10.0. The van der Waals surface area contributed by atoms with E-state index in [1.54, 1.807) is 19.2 Å². The molecule has 1 radical (unpaired) electrons. The van der Waals surface area contributed by atoms with E-state index in [1.807, 2.05) is 24.3 Å². The molecule has 0 bridgehead atoms. The summed E-state index contributed by atoms with van der Waals surface area (Å²) in [6.45, 7) is 0. The van der Waals surface area contributed by atoms with E-state index in [-0.39, 0.29) is 0 Å². The van der Waals surface area contributed by atoms with Crippen molar-refractivity contribution in [2.45, 2.75) is 0 Å². The van der Waals surface area contributed by atoms with E-state index < -0.39 is 0 Å². The topological polar surface area (TPSA) is 33.0 Å². The Labute approximate surface area is 105 Å². The fourth-order valence-electron chi connectivity index (χ4n) is 1.61. The average Bonchev–Trinajstić information content (AvgIpc) is 2.39. The zero-order valence-electron chi connectivity index (χ0n) is 9.20. The van der Waals surface area contributed by atoms with Crippen LogP contribution >= 0.6 is 11.6 Å². The van der Waals surface area contributed by atoms with Crippen molar-refractivity contribution in [2.24, 2.45) is 0 Å². The van der Waals surface area contributed by atoms with Crippen molar-refractivity contribution in [3.8, 4) is 22.9 Å². The number of rotatable bonds is 2. The van der Waals surface area contributed by atoms with Gasteiger partial charge in [0, 0.05) is 17.2 Å². The summed E-state index contributed by atoms with van der Waals surface area (Å²) in [4.78, 5) is 0. The molecule has 0 amide bonds. The number of hydrogen-bond donors (Lipinski definition) is 0. The number of nitrogens with zero attached hydrogens (tertiary/aromatic N) is 1.